The Balaban J connectivity index is 0.000000286. The summed E-state index contributed by atoms with van der Waals surface area (Å²) in [5, 5.41) is 25.7. The summed E-state index contributed by atoms with van der Waals surface area (Å²) in [4.78, 5) is 25.1. The normalized spacial score (nSPS) is 17.5. The number of halogens is 6. The van der Waals surface area contributed by atoms with Crippen molar-refractivity contribution in [3.63, 3.8) is 0 Å². The van der Waals surface area contributed by atoms with Crippen molar-refractivity contribution in [1.29, 1.82) is 0 Å². The molecule has 0 amide bonds. The molecule has 17 heteroatoms. The van der Waals surface area contributed by atoms with Crippen molar-refractivity contribution in [3.8, 4) is 0 Å². The molecule has 3 N–H and O–H groups in total. The zero-order valence-corrected chi connectivity index (χ0v) is 19.4. The van der Waals surface area contributed by atoms with Gasteiger partial charge in [0.2, 0.25) is 0 Å². The number of alkyl halides is 6. The molecule has 1 fully saturated rings. The fourth-order valence-corrected chi connectivity index (χ4v) is 3.21. The predicted molar refractivity (Wildman–Crippen MR) is 113 cm³/mol. The molecular weight excluding hydrogens is 518 g/mol. The highest BCUT2D eigenvalue weighted by atomic mass is 19.4. The third-order valence-corrected chi connectivity index (χ3v) is 5.04. The Labute approximate surface area is 206 Å². The molecule has 4 rings (SSSR count). The van der Waals surface area contributed by atoms with Crippen LogP contribution in [0.15, 0.2) is 18.3 Å². The second kappa shape index (κ2) is 12.7. The minimum Gasteiger partial charge on any atom is -0.475 e. The van der Waals surface area contributed by atoms with Crippen LogP contribution in [0.25, 0.3) is 0 Å². The number of carboxylic acid groups (broad SMARTS) is 2. The number of fused-ring (bicyclic) bond motifs is 1. The maximum absolute atomic E-state index is 10.6. The van der Waals surface area contributed by atoms with Gasteiger partial charge in [-0.25, -0.2) is 14.6 Å². The fraction of sp³-hybridized carbons (Fsp3) is 0.550. The number of aryl methyl sites for hydroxylation is 1. The Bertz CT molecular complexity index is 1010. The largest absolute Gasteiger partial charge is 0.490 e. The van der Waals surface area contributed by atoms with E-state index in [1.54, 1.807) is 0 Å². The zero-order valence-electron chi connectivity index (χ0n) is 19.4. The molecule has 0 bridgehead atoms. The number of aliphatic carboxylic acids is 2. The number of anilines is 1. The summed E-state index contributed by atoms with van der Waals surface area (Å²) in [5.74, 6) is -3.58. The zero-order chi connectivity index (χ0) is 27.8. The molecule has 0 spiro atoms. The maximum Gasteiger partial charge on any atom is 0.490 e. The minimum atomic E-state index is -5.08. The topological polar surface area (TPSA) is 143 Å². The Morgan fingerprint density at radius 3 is 2.19 bits per heavy atom. The molecule has 37 heavy (non-hydrogen) atoms. The van der Waals surface area contributed by atoms with Crippen molar-refractivity contribution in [2.75, 3.05) is 25.1 Å². The lowest BCUT2D eigenvalue weighted by molar-refractivity contribution is -0.193. The van der Waals surface area contributed by atoms with E-state index in [1.807, 2.05) is 19.1 Å². The predicted octanol–water partition coefficient (Wildman–Crippen LogP) is 2.46. The molecular formula is C20H24F6N6O5. The molecule has 2 aliphatic heterocycles. The second-order valence-corrected chi connectivity index (χ2v) is 7.85. The number of ether oxygens (including phenoxy) is 1. The summed E-state index contributed by atoms with van der Waals surface area (Å²) in [6.45, 7) is 7.35. The number of rotatable bonds is 4. The first-order valence-corrected chi connectivity index (χ1v) is 10.7. The van der Waals surface area contributed by atoms with E-state index in [1.165, 1.54) is 0 Å². The number of carbonyl (C=O) groups is 2. The quantitative estimate of drug-likeness (QED) is 0.493. The number of carboxylic acids is 2. The summed E-state index contributed by atoms with van der Waals surface area (Å²) < 4.78 is 71.2. The van der Waals surface area contributed by atoms with Gasteiger partial charge in [0.05, 0.1) is 31.1 Å². The number of nitrogens with one attached hydrogen (secondary N) is 1. The number of aromatic nitrogens is 4. The summed E-state index contributed by atoms with van der Waals surface area (Å²) >= 11 is 0. The van der Waals surface area contributed by atoms with Crippen LogP contribution in [-0.4, -0.2) is 85.0 Å². The van der Waals surface area contributed by atoms with E-state index in [4.69, 9.17) is 29.5 Å². The monoisotopic (exact) mass is 542 g/mol. The molecule has 206 valence electrons. The molecule has 1 saturated heterocycles. The van der Waals surface area contributed by atoms with Crippen molar-refractivity contribution in [2.45, 2.75) is 51.4 Å². The van der Waals surface area contributed by atoms with Gasteiger partial charge in [-0.3, -0.25) is 4.90 Å². The van der Waals surface area contributed by atoms with Gasteiger partial charge < -0.3 is 24.8 Å². The van der Waals surface area contributed by atoms with Crippen LogP contribution in [0.3, 0.4) is 0 Å². The van der Waals surface area contributed by atoms with E-state index in [0.717, 1.165) is 62.3 Å². The molecule has 4 heterocycles. The highest BCUT2D eigenvalue weighted by Crippen LogP contribution is 2.20. The smallest absolute Gasteiger partial charge is 0.475 e. The van der Waals surface area contributed by atoms with E-state index in [2.05, 4.69) is 31.2 Å². The van der Waals surface area contributed by atoms with Gasteiger partial charge in [0.1, 0.15) is 11.6 Å². The summed E-state index contributed by atoms with van der Waals surface area (Å²) in [5.41, 5.74) is 1.97. The van der Waals surface area contributed by atoms with Crippen molar-refractivity contribution in [3.05, 3.63) is 35.5 Å². The van der Waals surface area contributed by atoms with Crippen LogP contribution in [0.5, 0.6) is 0 Å². The number of nitrogens with zero attached hydrogens (tertiary/aromatic N) is 5. The SMILES string of the molecule is Cc1ccc(NCc2cn3c(n2)CN(C2CCOC2)CC3)nn1.O=C(O)C(F)(F)F.O=C(O)C(F)(F)F. The molecule has 0 aromatic carbocycles. The maximum atomic E-state index is 10.6. The number of hydrogen-bond acceptors (Lipinski definition) is 8. The molecule has 0 aliphatic carbocycles. The lowest BCUT2D eigenvalue weighted by atomic mass is 10.2. The van der Waals surface area contributed by atoms with Crippen molar-refractivity contribution in [1.82, 2.24) is 24.6 Å². The van der Waals surface area contributed by atoms with E-state index in [-0.39, 0.29) is 0 Å². The first-order chi connectivity index (χ1) is 17.2. The van der Waals surface area contributed by atoms with Crippen LogP contribution in [0.4, 0.5) is 32.2 Å². The first-order valence-electron chi connectivity index (χ1n) is 10.7. The van der Waals surface area contributed by atoms with Gasteiger partial charge in [-0.1, -0.05) is 0 Å². The van der Waals surface area contributed by atoms with E-state index in [0.29, 0.717) is 12.6 Å². The van der Waals surface area contributed by atoms with Gasteiger partial charge in [0.15, 0.2) is 0 Å². The number of imidazole rings is 1. The van der Waals surface area contributed by atoms with E-state index in [9.17, 15) is 26.3 Å². The number of hydrogen-bond donors (Lipinski definition) is 3. The minimum absolute atomic E-state index is 0.560. The molecule has 2 aromatic rings. The van der Waals surface area contributed by atoms with Gasteiger partial charge in [-0.15, -0.1) is 5.10 Å². The van der Waals surface area contributed by atoms with Gasteiger partial charge in [0.25, 0.3) is 0 Å². The van der Waals surface area contributed by atoms with Crippen LogP contribution >= 0.6 is 0 Å². The molecule has 0 radical (unpaired) electrons. The average molecular weight is 542 g/mol. The third kappa shape index (κ3) is 9.83. The lowest BCUT2D eigenvalue weighted by Crippen LogP contribution is -2.41. The Hall–Kier alpha value is -3.47. The average Bonchev–Trinajstić information content (AvgIpc) is 3.47. The summed E-state index contributed by atoms with van der Waals surface area (Å²) in [7, 11) is 0. The van der Waals surface area contributed by atoms with Crippen molar-refractivity contribution >= 4 is 17.8 Å². The van der Waals surface area contributed by atoms with Crippen LogP contribution in [0, 0.1) is 6.92 Å². The van der Waals surface area contributed by atoms with E-state index >= 15 is 0 Å². The van der Waals surface area contributed by atoms with Gasteiger partial charge >= 0.3 is 24.3 Å². The molecule has 1 unspecified atom stereocenters. The van der Waals surface area contributed by atoms with Crippen LogP contribution in [0.1, 0.15) is 23.6 Å². The van der Waals surface area contributed by atoms with Crippen molar-refractivity contribution in [2.24, 2.45) is 0 Å². The summed E-state index contributed by atoms with van der Waals surface area (Å²) in [6.07, 6.45) is -6.88. The lowest BCUT2D eigenvalue weighted by Gasteiger charge is -2.31. The fourth-order valence-electron chi connectivity index (χ4n) is 3.21. The standard InChI is InChI=1S/C16H22N6O.2C2HF3O2/c1-12-2-3-15(20-19-12)17-8-13-9-22-6-5-21(10-16(22)18-13)14-4-7-23-11-14;2*3-2(4,5)1(6)7/h2-3,9,14H,4-8,10-11H2,1H3,(H,17,20);2*(H,6,7). The highest BCUT2D eigenvalue weighted by molar-refractivity contribution is 5.73. The molecule has 0 saturated carbocycles. The molecule has 2 aliphatic rings. The molecule has 11 nitrogen and oxygen atoms in total. The molecule has 2 aromatic heterocycles. The Kier molecular flexibility index (Phi) is 10.2. The first kappa shape index (κ1) is 29.8. The van der Waals surface area contributed by atoms with Crippen LogP contribution < -0.4 is 5.32 Å². The van der Waals surface area contributed by atoms with Gasteiger partial charge in [0, 0.05) is 31.9 Å². The Morgan fingerprint density at radius 1 is 1.08 bits per heavy atom. The van der Waals surface area contributed by atoms with Crippen molar-refractivity contribution < 1.29 is 50.9 Å². The van der Waals surface area contributed by atoms with Crippen LogP contribution in [-0.2, 0) is 34.0 Å². The highest BCUT2D eigenvalue weighted by Gasteiger charge is 2.38. The van der Waals surface area contributed by atoms with Gasteiger partial charge in [-0.05, 0) is 25.5 Å². The summed E-state index contributed by atoms with van der Waals surface area (Å²) in [6, 6.07) is 4.46. The van der Waals surface area contributed by atoms with E-state index < -0.39 is 24.3 Å². The Morgan fingerprint density at radius 2 is 1.70 bits per heavy atom. The van der Waals surface area contributed by atoms with Crippen LogP contribution in [0.2, 0.25) is 0 Å². The van der Waals surface area contributed by atoms with Gasteiger partial charge in [-0.2, -0.15) is 31.4 Å². The third-order valence-electron chi connectivity index (χ3n) is 5.04. The second-order valence-electron chi connectivity index (χ2n) is 7.85. The molecule has 1 atom stereocenters.